The number of H-pyrrole nitrogens is 1. The number of fused-ring (bicyclic) bond motifs is 1. The smallest absolute Gasteiger partial charge is 0.238 e. The minimum Gasteiger partial charge on any atom is -0.412 e. The lowest BCUT2D eigenvalue weighted by atomic mass is 10.3. The summed E-state index contributed by atoms with van der Waals surface area (Å²) in [6, 6.07) is 10.2. The third-order valence-electron chi connectivity index (χ3n) is 5.60. The molecule has 0 aliphatic carbocycles. The summed E-state index contributed by atoms with van der Waals surface area (Å²) in [4.78, 5) is 31.1. The Morgan fingerprint density at radius 1 is 1.09 bits per heavy atom. The average Bonchev–Trinajstić information content (AvgIpc) is 3.23. The molecule has 1 fully saturated rings. The molecule has 0 atom stereocenters. The van der Waals surface area contributed by atoms with Gasteiger partial charge in [-0.1, -0.05) is 23.9 Å². The molecular weight excluding hydrogens is 524 g/mol. The Morgan fingerprint density at radius 2 is 1.80 bits per heavy atom. The molecular formula is C23H33ClN6O2S3. The number of anilines is 1. The highest BCUT2D eigenvalue weighted by Crippen LogP contribution is 2.33. The van der Waals surface area contributed by atoms with E-state index in [9.17, 15) is 4.79 Å². The summed E-state index contributed by atoms with van der Waals surface area (Å²) in [6.45, 7) is 7.18. The highest BCUT2D eigenvalue weighted by molar-refractivity contribution is 7.99. The van der Waals surface area contributed by atoms with E-state index >= 15 is 0 Å². The van der Waals surface area contributed by atoms with E-state index in [2.05, 4.69) is 36.1 Å². The molecule has 12 heteroatoms. The molecule has 0 unspecified atom stereocenters. The molecule has 4 N–H and O–H groups in total. The zero-order valence-corrected chi connectivity index (χ0v) is 23.4. The number of amides is 1. The lowest BCUT2D eigenvalue weighted by Crippen LogP contribution is -2.49. The summed E-state index contributed by atoms with van der Waals surface area (Å²) in [5, 5.41) is 4.97. The molecule has 35 heavy (non-hydrogen) atoms. The van der Waals surface area contributed by atoms with Gasteiger partial charge in [-0.05, 0) is 37.6 Å². The zero-order valence-electron chi connectivity index (χ0n) is 20.2. The van der Waals surface area contributed by atoms with E-state index in [0.29, 0.717) is 6.54 Å². The number of rotatable bonds is 9. The molecule has 4 rings (SSSR count). The summed E-state index contributed by atoms with van der Waals surface area (Å²) in [5.41, 5.74) is 3.91. The van der Waals surface area contributed by atoms with Crippen LogP contribution in [0.2, 0.25) is 0 Å². The number of carbonyl (C=O) groups is 1. The van der Waals surface area contributed by atoms with Crippen molar-refractivity contribution in [2.75, 3.05) is 62.8 Å². The van der Waals surface area contributed by atoms with E-state index in [-0.39, 0.29) is 23.8 Å². The third kappa shape index (κ3) is 8.01. The molecule has 192 valence electrons. The van der Waals surface area contributed by atoms with Gasteiger partial charge in [-0.15, -0.1) is 35.9 Å². The first-order valence-electron chi connectivity index (χ1n) is 11.0. The Balaban J connectivity index is 0.00000216. The number of piperazine rings is 1. The quantitative estimate of drug-likeness (QED) is 0.384. The second-order valence-electron chi connectivity index (χ2n) is 7.92. The SMILES string of the molecule is CSc1cc(C)nc(SC)c1NC(=O)CN1CCN(CCSc2nc3ccccc3[nH]2)CC1.Cl.O. The molecule has 1 saturated heterocycles. The van der Waals surface area contributed by atoms with Crippen molar-refractivity contribution >= 4 is 70.3 Å². The number of pyridine rings is 1. The van der Waals surface area contributed by atoms with Gasteiger partial charge in [-0.25, -0.2) is 9.97 Å². The Labute approximate surface area is 225 Å². The Hall–Kier alpha value is -1.47. The second kappa shape index (κ2) is 14.3. The van der Waals surface area contributed by atoms with Crippen molar-refractivity contribution in [1.82, 2.24) is 24.8 Å². The average molecular weight is 557 g/mol. The van der Waals surface area contributed by atoms with Crippen LogP contribution in [0.1, 0.15) is 5.69 Å². The Morgan fingerprint density at radius 3 is 2.49 bits per heavy atom. The molecule has 3 aromatic rings. The number of carbonyl (C=O) groups excluding carboxylic acids is 1. The maximum absolute atomic E-state index is 12.8. The minimum atomic E-state index is 0. The van der Waals surface area contributed by atoms with E-state index in [1.54, 1.807) is 35.3 Å². The first-order chi connectivity index (χ1) is 16.1. The summed E-state index contributed by atoms with van der Waals surface area (Å²) in [6.07, 6.45) is 4.02. The van der Waals surface area contributed by atoms with E-state index in [1.165, 1.54) is 0 Å². The molecule has 1 aliphatic heterocycles. The van der Waals surface area contributed by atoms with E-state index in [4.69, 9.17) is 0 Å². The molecule has 1 amide bonds. The summed E-state index contributed by atoms with van der Waals surface area (Å²) < 4.78 is 0. The number of aromatic amines is 1. The van der Waals surface area contributed by atoms with Crippen molar-refractivity contribution in [3.05, 3.63) is 36.0 Å². The Bertz CT molecular complexity index is 1050. The molecule has 1 aromatic carbocycles. The van der Waals surface area contributed by atoms with Gasteiger partial charge in [0.2, 0.25) is 5.91 Å². The number of nitrogens with zero attached hydrogens (tertiary/aromatic N) is 4. The predicted molar refractivity (Wildman–Crippen MR) is 152 cm³/mol. The van der Waals surface area contributed by atoms with Crippen LogP contribution in [0.5, 0.6) is 0 Å². The molecule has 0 radical (unpaired) electrons. The first kappa shape index (κ1) is 29.8. The van der Waals surface area contributed by atoms with Crippen LogP contribution in [0, 0.1) is 6.92 Å². The maximum Gasteiger partial charge on any atom is 0.238 e. The predicted octanol–water partition coefficient (Wildman–Crippen LogP) is 3.66. The number of hydrogen-bond donors (Lipinski definition) is 2. The second-order valence-corrected chi connectivity index (χ2v) is 10.7. The van der Waals surface area contributed by atoms with Crippen LogP contribution in [0.15, 0.2) is 45.4 Å². The van der Waals surface area contributed by atoms with Gasteiger partial charge in [0.05, 0.1) is 23.3 Å². The first-order valence-corrected chi connectivity index (χ1v) is 14.4. The third-order valence-corrected chi connectivity index (χ3v) is 7.90. The van der Waals surface area contributed by atoms with E-state index < -0.39 is 0 Å². The van der Waals surface area contributed by atoms with Crippen LogP contribution in [0.4, 0.5) is 5.69 Å². The van der Waals surface area contributed by atoms with Crippen LogP contribution in [0.25, 0.3) is 11.0 Å². The number of aromatic nitrogens is 3. The number of nitrogens with one attached hydrogen (secondary N) is 2. The molecule has 3 heterocycles. The molecule has 0 spiro atoms. The highest BCUT2D eigenvalue weighted by atomic mass is 35.5. The number of halogens is 1. The summed E-state index contributed by atoms with van der Waals surface area (Å²) in [5.74, 6) is 1.02. The normalized spacial score (nSPS) is 14.4. The zero-order chi connectivity index (χ0) is 23.2. The standard InChI is InChI=1S/C23H30N6OS3.ClH.H2O/c1-16-14-19(31-2)21(22(24-16)32-3)27-20(30)15-29-10-8-28(9-11-29)12-13-33-23-25-17-6-4-5-7-18(17)26-23;;/h4-7,14H,8-13,15H2,1-3H3,(H,25,26)(H,27,30);1H;1H2. The number of para-hydroxylation sites is 2. The van der Waals surface area contributed by atoms with Crippen LogP contribution in [0.3, 0.4) is 0 Å². The summed E-state index contributed by atoms with van der Waals surface area (Å²) in [7, 11) is 0. The number of benzene rings is 1. The van der Waals surface area contributed by atoms with Crippen LogP contribution < -0.4 is 5.32 Å². The fraction of sp³-hybridized carbons (Fsp3) is 0.435. The van der Waals surface area contributed by atoms with Gasteiger partial charge in [-0.2, -0.15) is 0 Å². The van der Waals surface area contributed by atoms with Crippen LogP contribution in [-0.4, -0.2) is 93.7 Å². The maximum atomic E-state index is 12.8. The van der Waals surface area contributed by atoms with E-state index in [0.717, 1.165) is 76.0 Å². The van der Waals surface area contributed by atoms with Gasteiger partial charge in [-0.3, -0.25) is 14.6 Å². The van der Waals surface area contributed by atoms with Crippen LogP contribution in [-0.2, 0) is 4.79 Å². The van der Waals surface area contributed by atoms with Crippen molar-refractivity contribution in [1.29, 1.82) is 0 Å². The number of thioether (sulfide) groups is 3. The molecule has 0 saturated carbocycles. The summed E-state index contributed by atoms with van der Waals surface area (Å²) >= 11 is 4.97. The van der Waals surface area contributed by atoms with Gasteiger partial charge in [0.15, 0.2) is 5.16 Å². The fourth-order valence-electron chi connectivity index (χ4n) is 3.86. The van der Waals surface area contributed by atoms with Gasteiger partial charge >= 0.3 is 0 Å². The van der Waals surface area contributed by atoms with Gasteiger partial charge in [0.1, 0.15) is 5.03 Å². The highest BCUT2D eigenvalue weighted by Gasteiger charge is 2.20. The number of hydrogen-bond acceptors (Lipinski definition) is 8. The van der Waals surface area contributed by atoms with Crippen LogP contribution >= 0.6 is 47.7 Å². The van der Waals surface area contributed by atoms with Gasteiger partial charge in [0, 0.05) is 49.1 Å². The lowest BCUT2D eigenvalue weighted by Gasteiger charge is -2.34. The Kier molecular flexibility index (Phi) is 12.2. The van der Waals surface area contributed by atoms with Gasteiger partial charge in [0.25, 0.3) is 0 Å². The molecule has 8 nitrogen and oxygen atoms in total. The van der Waals surface area contributed by atoms with Crippen molar-refractivity contribution < 1.29 is 10.3 Å². The van der Waals surface area contributed by atoms with Gasteiger partial charge < -0.3 is 15.8 Å². The van der Waals surface area contributed by atoms with Crippen molar-refractivity contribution in [2.24, 2.45) is 0 Å². The monoisotopic (exact) mass is 556 g/mol. The topological polar surface area (TPSA) is 109 Å². The van der Waals surface area contributed by atoms with E-state index in [1.807, 2.05) is 43.7 Å². The van der Waals surface area contributed by atoms with Crippen molar-refractivity contribution in [3.8, 4) is 0 Å². The fourth-order valence-corrected chi connectivity index (χ4v) is 6.05. The number of aryl methyl sites for hydroxylation is 1. The molecule has 1 aliphatic rings. The molecule has 2 aromatic heterocycles. The minimum absolute atomic E-state index is 0. The number of imidazole rings is 1. The largest absolute Gasteiger partial charge is 0.412 e. The molecule has 0 bridgehead atoms. The lowest BCUT2D eigenvalue weighted by molar-refractivity contribution is -0.117. The van der Waals surface area contributed by atoms with Crippen molar-refractivity contribution in [3.63, 3.8) is 0 Å². The van der Waals surface area contributed by atoms with Crippen molar-refractivity contribution in [2.45, 2.75) is 22.0 Å².